The van der Waals surface area contributed by atoms with E-state index in [9.17, 15) is 4.79 Å². The Kier molecular flexibility index (Phi) is 2.44. The molecule has 2 aromatic heterocycles. The van der Waals surface area contributed by atoms with Gasteiger partial charge in [-0.2, -0.15) is 0 Å². The zero-order valence-electron chi connectivity index (χ0n) is 8.98. The van der Waals surface area contributed by atoms with Gasteiger partial charge < -0.3 is 10.1 Å². The summed E-state index contributed by atoms with van der Waals surface area (Å²) in [6.45, 7) is 3.63. The first-order chi connectivity index (χ1) is 7.58. The van der Waals surface area contributed by atoms with Gasteiger partial charge in [0, 0.05) is 11.9 Å². The molecule has 2 N–H and O–H groups in total. The molecule has 0 aliphatic rings. The van der Waals surface area contributed by atoms with Gasteiger partial charge in [-0.05, 0) is 26.0 Å². The number of aryl methyl sites for hydroxylation is 2. The van der Waals surface area contributed by atoms with Crippen LogP contribution in [-0.2, 0) is 0 Å². The van der Waals surface area contributed by atoms with Crippen molar-refractivity contribution in [2.75, 3.05) is 0 Å². The maximum Gasteiger partial charge on any atom is 0.337 e. The first-order valence-electron chi connectivity index (χ1n) is 4.81. The summed E-state index contributed by atoms with van der Waals surface area (Å²) in [7, 11) is 0. The molecule has 0 fully saturated rings. The van der Waals surface area contributed by atoms with Crippen LogP contribution >= 0.6 is 0 Å². The van der Waals surface area contributed by atoms with E-state index < -0.39 is 5.97 Å². The van der Waals surface area contributed by atoms with Gasteiger partial charge in [-0.3, -0.25) is 0 Å². The van der Waals surface area contributed by atoms with Crippen LogP contribution in [0.2, 0.25) is 0 Å². The molecule has 0 bridgehead atoms. The normalized spacial score (nSPS) is 10.4. The molecule has 0 aliphatic carbocycles. The summed E-state index contributed by atoms with van der Waals surface area (Å²) in [6.07, 6.45) is 1.59. The number of aromatic amines is 1. The van der Waals surface area contributed by atoms with Gasteiger partial charge in [0.15, 0.2) is 0 Å². The average molecular weight is 217 g/mol. The fraction of sp³-hybridized carbons (Fsp3) is 0.182. The lowest BCUT2D eigenvalue weighted by atomic mass is 10.2. The highest BCUT2D eigenvalue weighted by atomic mass is 16.4. The number of carbonyl (C=O) groups is 1. The SMILES string of the molecule is Cc1cc(-c2[nH]ccc2C(=O)O)nc(C)n1. The van der Waals surface area contributed by atoms with E-state index in [1.54, 1.807) is 19.2 Å². The van der Waals surface area contributed by atoms with Gasteiger partial charge in [-0.25, -0.2) is 14.8 Å². The topological polar surface area (TPSA) is 78.9 Å². The molecule has 0 saturated heterocycles. The molecule has 16 heavy (non-hydrogen) atoms. The van der Waals surface area contributed by atoms with Crippen LogP contribution in [0.5, 0.6) is 0 Å². The van der Waals surface area contributed by atoms with Crippen molar-refractivity contribution in [3.8, 4) is 11.4 Å². The molecule has 5 nitrogen and oxygen atoms in total. The fourth-order valence-electron chi connectivity index (χ4n) is 1.60. The van der Waals surface area contributed by atoms with Crippen LogP contribution in [0.15, 0.2) is 18.3 Å². The number of hydrogen-bond donors (Lipinski definition) is 2. The Morgan fingerprint density at radius 1 is 1.38 bits per heavy atom. The van der Waals surface area contributed by atoms with Crippen LogP contribution in [0.25, 0.3) is 11.4 Å². The number of aromatic carboxylic acids is 1. The standard InChI is InChI=1S/C11H11N3O2/c1-6-5-9(14-7(2)13-6)10-8(11(15)16)3-4-12-10/h3-5,12H,1-2H3,(H,15,16). The summed E-state index contributed by atoms with van der Waals surface area (Å²) in [5.74, 6) is -0.342. The largest absolute Gasteiger partial charge is 0.478 e. The highest BCUT2D eigenvalue weighted by Gasteiger charge is 2.14. The monoisotopic (exact) mass is 217 g/mol. The average Bonchev–Trinajstić information content (AvgIpc) is 2.63. The highest BCUT2D eigenvalue weighted by Crippen LogP contribution is 2.20. The van der Waals surface area contributed by atoms with Gasteiger partial charge in [-0.1, -0.05) is 0 Å². The smallest absolute Gasteiger partial charge is 0.337 e. The Labute approximate surface area is 92.2 Å². The van der Waals surface area contributed by atoms with Crippen molar-refractivity contribution in [2.24, 2.45) is 0 Å². The maximum atomic E-state index is 11.0. The number of carboxylic acids is 1. The third kappa shape index (κ3) is 1.79. The Morgan fingerprint density at radius 2 is 2.12 bits per heavy atom. The minimum atomic E-state index is -0.967. The van der Waals surface area contributed by atoms with Crippen molar-refractivity contribution in [3.63, 3.8) is 0 Å². The van der Waals surface area contributed by atoms with E-state index in [0.717, 1.165) is 5.69 Å². The van der Waals surface area contributed by atoms with Crippen molar-refractivity contribution in [3.05, 3.63) is 35.4 Å². The van der Waals surface area contributed by atoms with Gasteiger partial charge in [-0.15, -0.1) is 0 Å². The van der Waals surface area contributed by atoms with E-state index in [4.69, 9.17) is 5.11 Å². The van der Waals surface area contributed by atoms with Gasteiger partial charge in [0.1, 0.15) is 5.82 Å². The number of aromatic nitrogens is 3. The summed E-state index contributed by atoms with van der Waals surface area (Å²) < 4.78 is 0. The predicted molar refractivity (Wildman–Crippen MR) is 58.3 cm³/mol. The molecule has 2 heterocycles. The van der Waals surface area contributed by atoms with Crippen LogP contribution in [0.1, 0.15) is 21.9 Å². The molecular weight excluding hydrogens is 206 g/mol. The molecule has 0 aliphatic heterocycles. The summed E-state index contributed by atoms with van der Waals surface area (Å²) in [6, 6.07) is 3.27. The minimum absolute atomic E-state index is 0.220. The van der Waals surface area contributed by atoms with E-state index >= 15 is 0 Å². The second-order valence-corrected chi connectivity index (χ2v) is 3.51. The molecule has 82 valence electrons. The van der Waals surface area contributed by atoms with Gasteiger partial charge >= 0.3 is 5.97 Å². The van der Waals surface area contributed by atoms with Crippen LogP contribution in [0, 0.1) is 13.8 Å². The molecule has 2 aromatic rings. The van der Waals surface area contributed by atoms with Crippen molar-refractivity contribution < 1.29 is 9.90 Å². The van der Waals surface area contributed by atoms with Crippen molar-refractivity contribution >= 4 is 5.97 Å². The Morgan fingerprint density at radius 3 is 2.75 bits per heavy atom. The van der Waals surface area contributed by atoms with Crippen molar-refractivity contribution in [1.29, 1.82) is 0 Å². The number of carboxylic acid groups (broad SMARTS) is 1. The van der Waals surface area contributed by atoms with Crippen molar-refractivity contribution in [1.82, 2.24) is 15.0 Å². The number of hydrogen-bond acceptors (Lipinski definition) is 3. The predicted octanol–water partition coefficient (Wildman–Crippen LogP) is 1.79. The number of H-pyrrole nitrogens is 1. The summed E-state index contributed by atoms with van der Waals surface area (Å²) >= 11 is 0. The van der Waals surface area contributed by atoms with E-state index in [0.29, 0.717) is 17.2 Å². The fourth-order valence-corrected chi connectivity index (χ4v) is 1.60. The Balaban J connectivity index is 2.58. The minimum Gasteiger partial charge on any atom is -0.478 e. The molecule has 0 saturated carbocycles. The maximum absolute atomic E-state index is 11.0. The van der Waals surface area contributed by atoms with Gasteiger partial charge in [0.25, 0.3) is 0 Å². The Bertz CT molecular complexity index is 526. The zero-order chi connectivity index (χ0) is 11.7. The highest BCUT2D eigenvalue weighted by molar-refractivity contribution is 5.94. The van der Waals surface area contributed by atoms with Crippen LogP contribution < -0.4 is 0 Å². The summed E-state index contributed by atoms with van der Waals surface area (Å²) in [5.41, 5.74) is 2.15. The molecule has 0 radical (unpaired) electrons. The molecule has 5 heteroatoms. The first-order valence-corrected chi connectivity index (χ1v) is 4.81. The lowest BCUT2D eigenvalue weighted by Crippen LogP contribution is -2.00. The lowest BCUT2D eigenvalue weighted by Gasteiger charge is -2.02. The number of nitrogens with one attached hydrogen (secondary N) is 1. The van der Waals surface area contributed by atoms with E-state index in [2.05, 4.69) is 15.0 Å². The second kappa shape index (κ2) is 3.77. The van der Waals surface area contributed by atoms with E-state index in [1.807, 2.05) is 6.92 Å². The van der Waals surface area contributed by atoms with Crippen LogP contribution in [0.3, 0.4) is 0 Å². The summed E-state index contributed by atoms with van der Waals surface area (Å²) in [5, 5.41) is 8.99. The van der Waals surface area contributed by atoms with Crippen molar-refractivity contribution in [2.45, 2.75) is 13.8 Å². The quantitative estimate of drug-likeness (QED) is 0.803. The third-order valence-electron chi connectivity index (χ3n) is 2.20. The molecular formula is C11H11N3O2. The van der Waals surface area contributed by atoms with Gasteiger partial charge in [0.2, 0.25) is 0 Å². The van der Waals surface area contributed by atoms with Gasteiger partial charge in [0.05, 0.1) is 17.0 Å². The molecule has 2 rings (SSSR count). The first kappa shape index (κ1) is 10.4. The van der Waals surface area contributed by atoms with E-state index in [-0.39, 0.29) is 5.56 Å². The second-order valence-electron chi connectivity index (χ2n) is 3.51. The Hall–Kier alpha value is -2.17. The van der Waals surface area contributed by atoms with Crippen LogP contribution in [0.4, 0.5) is 0 Å². The number of nitrogens with zero attached hydrogens (tertiary/aromatic N) is 2. The molecule has 0 spiro atoms. The summed E-state index contributed by atoms with van der Waals surface area (Å²) in [4.78, 5) is 22.2. The molecule has 0 atom stereocenters. The zero-order valence-corrected chi connectivity index (χ0v) is 8.98. The molecule has 0 amide bonds. The van der Waals surface area contributed by atoms with Crippen LogP contribution in [-0.4, -0.2) is 26.0 Å². The number of rotatable bonds is 2. The van der Waals surface area contributed by atoms with E-state index in [1.165, 1.54) is 6.07 Å². The molecule has 0 unspecified atom stereocenters. The third-order valence-corrected chi connectivity index (χ3v) is 2.20. The molecule has 0 aromatic carbocycles. The lowest BCUT2D eigenvalue weighted by molar-refractivity contribution is 0.0698.